The largest absolute Gasteiger partial charge is 0.481 e. The minimum absolute atomic E-state index is 0.270. The number of hydrogen-bond acceptors (Lipinski definition) is 4. The molecule has 2 atom stereocenters. The Morgan fingerprint density at radius 1 is 1.12 bits per heavy atom. The third kappa shape index (κ3) is 3.19. The van der Waals surface area contributed by atoms with Gasteiger partial charge in [-0.2, -0.15) is 0 Å². The van der Waals surface area contributed by atoms with Gasteiger partial charge in [-0.1, -0.05) is 0 Å². The van der Waals surface area contributed by atoms with E-state index in [4.69, 9.17) is 5.11 Å². The van der Waals surface area contributed by atoms with Crippen LogP contribution >= 0.6 is 0 Å². The van der Waals surface area contributed by atoms with Crippen LogP contribution < -0.4 is 5.32 Å². The van der Waals surface area contributed by atoms with Crippen molar-refractivity contribution in [2.24, 2.45) is 17.8 Å². The van der Waals surface area contributed by atoms with Crippen LogP contribution in [0, 0.1) is 17.8 Å². The molecular formula is C11H19NO4S. The lowest BCUT2D eigenvalue weighted by molar-refractivity contribution is -0.143. The quantitative estimate of drug-likeness (QED) is 0.738. The Morgan fingerprint density at radius 3 is 2.35 bits per heavy atom. The fourth-order valence-electron chi connectivity index (χ4n) is 2.90. The molecule has 0 radical (unpaired) electrons. The molecule has 2 rings (SSSR count). The first-order valence-corrected chi connectivity index (χ1v) is 7.94. The second-order valence-electron chi connectivity index (χ2n) is 5.18. The second kappa shape index (κ2) is 4.94. The zero-order valence-corrected chi connectivity index (χ0v) is 10.6. The first kappa shape index (κ1) is 12.8. The maximum absolute atomic E-state index is 11.3. The fraction of sp³-hybridized carbons (Fsp3) is 0.909. The highest BCUT2D eigenvalue weighted by molar-refractivity contribution is 7.91. The molecule has 2 heterocycles. The average Bonchev–Trinajstić information content (AvgIpc) is 2.29. The maximum Gasteiger partial charge on any atom is 0.307 e. The van der Waals surface area contributed by atoms with Crippen LogP contribution in [0.15, 0.2) is 0 Å². The van der Waals surface area contributed by atoms with Crippen LogP contribution in [0.4, 0.5) is 0 Å². The van der Waals surface area contributed by atoms with Gasteiger partial charge in [-0.05, 0) is 37.6 Å². The van der Waals surface area contributed by atoms with Crippen molar-refractivity contribution in [1.82, 2.24) is 5.32 Å². The third-order valence-electron chi connectivity index (χ3n) is 4.00. The number of carboxylic acid groups (broad SMARTS) is 1. The van der Waals surface area contributed by atoms with E-state index in [2.05, 4.69) is 5.32 Å². The van der Waals surface area contributed by atoms with Gasteiger partial charge in [0.15, 0.2) is 0 Å². The number of aliphatic carboxylic acids is 1. The van der Waals surface area contributed by atoms with E-state index < -0.39 is 15.8 Å². The molecule has 0 bridgehead atoms. The van der Waals surface area contributed by atoms with E-state index in [9.17, 15) is 13.2 Å². The van der Waals surface area contributed by atoms with Crippen molar-refractivity contribution < 1.29 is 18.3 Å². The molecule has 2 saturated heterocycles. The molecule has 0 amide bonds. The summed E-state index contributed by atoms with van der Waals surface area (Å²) in [5.74, 6) is 0.170. The number of rotatable bonds is 2. The molecule has 0 saturated carbocycles. The molecule has 2 N–H and O–H groups in total. The van der Waals surface area contributed by atoms with Crippen molar-refractivity contribution in [1.29, 1.82) is 0 Å². The number of carboxylic acids is 1. The molecule has 2 aliphatic rings. The number of piperidine rings is 1. The number of carbonyl (C=O) groups is 1. The lowest BCUT2D eigenvalue weighted by Crippen LogP contribution is -2.43. The molecule has 2 unspecified atom stereocenters. The summed E-state index contributed by atoms with van der Waals surface area (Å²) in [6.07, 6.45) is 2.08. The van der Waals surface area contributed by atoms with E-state index in [1.165, 1.54) is 0 Å². The zero-order chi connectivity index (χ0) is 12.5. The van der Waals surface area contributed by atoms with Gasteiger partial charge in [-0.25, -0.2) is 8.42 Å². The van der Waals surface area contributed by atoms with Crippen LogP contribution in [-0.4, -0.2) is 44.1 Å². The lowest BCUT2D eigenvalue weighted by atomic mass is 9.79. The Bertz CT molecular complexity index is 378. The van der Waals surface area contributed by atoms with Crippen LogP contribution in [0.5, 0.6) is 0 Å². The topological polar surface area (TPSA) is 83.5 Å². The van der Waals surface area contributed by atoms with E-state index >= 15 is 0 Å². The summed E-state index contributed by atoms with van der Waals surface area (Å²) in [5.41, 5.74) is 0. The summed E-state index contributed by atoms with van der Waals surface area (Å²) < 4.78 is 22.7. The molecule has 6 heteroatoms. The minimum Gasteiger partial charge on any atom is -0.481 e. The Labute approximate surface area is 102 Å². The number of hydrogen-bond donors (Lipinski definition) is 2. The van der Waals surface area contributed by atoms with Gasteiger partial charge in [0, 0.05) is 6.54 Å². The van der Waals surface area contributed by atoms with Crippen molar-refractivity contribution in [3.8, 4) is 0 Å². The Kier molecular flexibility index (Phi) is 3.73. The molecule has 5 nitrogen and oxygen atoms in total. The maximum atomic E-state index is 11.3. The predicted molar refractivity (Wildman–Crippen MR) is 63.5 cm³/mol. The smallest absolute Gasteiger partial charge is 0.307 e. The van der Waals surface area contributed by atoms with E-state index in [1.54, 1.807) is 0 Å². The van der Waals surface area contributed by atoms with Gasteiger partial charge in [0.05, 0.1) is 17.4 Å². The summed E-state index contributed by atoms with van der Waals surface area (Å²) in [6.45, 7) is 1.37. The Hall–Kier alpha value is -0.620. The van der Waals surface area contributed by atoms with Gasteiger partial charge in [0.1, 0.15) is 9.84 Å². The Morgan fingerprint density at radius 2 is 1.76 bits per heavy atom. The van der Waals surface area contributed by atoms with Crippen molar-refractivity contribution in [2.75, 3.05) is 24.6 Å². The highest BCUT2D eigenvalue weighted by Crippen LogP contribution is 2.31. The summed E-state index contributed by atoms with van der Waals surface area (Å²) >= 11 is 0. The predicted octanol–water partition coefficient (Wildman–Crippen LogP) is 0.122. The first-order valence-electron chi connectivity index (χ1n) is 6.12. The van der Waals surface area contributed by atoms with Crippen LogP contribution in [0.2, 0.25) is 0 Å². The molecule has 0 aliphatic carbocycles. The van der Waals surface area contributed by atoms with Gasteiger partial charge in [-0.15, -0.1) is 0 Å². The fourth-order valence-corrected chi connectivity index (χ4v) is 4.43. The van der Waals surface area contributed by atoms with Gasteiger partial charge < -0.3 is 10.4 Å². The van der Waals surface area contributed by atoms with Crippen molar-refractivity contribution in [3.05, 3.63) is 0 Å². The molecule has 17 heavy (non-hydrogen) atoms. The third-order valence-corrected chi connectivity index (χ3v) is 5.72. The normalized spacial score (nSPS) is 34.4. The van der Waals surface area contributed by atoms with Crippen LogP contribution in [0.25, 0.3) is 0 Å². The van der Waals surface area contributed by atoms with Crippen molar-refractivity contribution in [2.45, 2.75) is 19.3 Å². The van der Waals surface area contributed by atoms with Crippen LogP contribution in [-0.2, 0) is 14.6 Å². The molecular weight excluding hydrogens is 242 g/mol. The summed E-state index contributed by atoms with van der Waals surface area (Å²) in [7, 11) is -2.82. The van der Waals surface area contributed by atoms with E-state index in [0.717, 1.165) is 6.54 Å². The molecule has 0 aromatic rings. The molecule has 0 spiro atoms. The SMILES string of the molecule is O=C(O)C1CNCC(C2CCS(=O)(=O)CC2)C1. The minimum atomic E-state index is -2.82. The number of sulfone groups is 1. The van der Waals surface area contributed by atoms with Crippen LogP contribution in [0.1, 0.15) is 19.3 Å². The molecule has 0 aromatic heterocycles. The monoisotopic (exact) mass is 261 g/mol. The van der Waals surface area contributed by atoms with E-state index in [-0.39, 0.29) is 17.4 Å². The van der Waals surface area contributed by atoms with E-state index in [1.807, 2.05) is 0 Å². The summed E-state index contributed by atoms with van der Waals surface area (Å²) in [5, 5.41) is 12.2. The second-order valence-corrected chi connectivity index (χ2v) is 7.48. The highest BCUT2D eigenvalue weighted by Gasteiger charge is 2.34. The summed E-state index contributed by atoms with van der Waals surface area (Å²) in [4.78, 5) is 10.9. The van der Waals surface area contributed by atoms with Gasteiger partial charge in [-0.3, -0.25) is 4.79 Å². The summed E-state index contributed by atoms with van der Waals surface area (Å²) in [6, 6.07) is 0. The van der Waals surface area contributed by atoms with Gasteiger partial charge in [0.2, 0.25) is 0 Å². The Balaban J connectivity index is 1.92. The molecule has 2 fully saturated rings. The average molecular weight is 261 g/mol. The first-order chi connectivity index (χ1) is 7.98. The zero-order valence-electron chi connectivity index (χ0n) is 9.76. The molecule has 0 aromatic carbocycles. The standard InChI is InChI=1S/C11H19NO4S/c13-11(14)10-5-9(6-12-7-10)8-1-3-17(15,16)4-2-8/h8-10,12H,1-7H2,(H,13,14). The van der Waals surface area contributed by atoms with Crippen molar-refractivity contribution >= 4 is 15.8 Å². The van der Waals surface area contributed by atoms with Crippen LogP contribution in [0.3, 0.4) is 0 Å². The molecule has 2 aliphatic heterocycles. The lowest BCUT2D eigenvalue weighted by Gasteiger charge is -2.35. The molecule has 98 valence electrons. The highest BCUT2D eigenvalue weighted by atomic mass is 32.2. The van der Waals surface area contributed by atoms with Gasteiger partial charge >= 0.3 is 5.97 Å². The van der Waals surface area contributed by atoms with Crippen molar-refractivity contribution in [3.63, 3.8) is 0 Å². The number of nitrogens with one attached hydrogen (secondary N) is 1. The van der Waals surface area contributed by atoms with E-state index in [0.29, 0.717) is 37.6 Å². The van der Waals surface area contributed by atoms with Gasteiger partial charge in [0.25, 0.3) is 0 Å².